The van der Waals surface area contributed by atoms with Gasteiger partial charge in [0.25, 0.3) is 7.85 Å². The van der Waals surface area contributed by atoms with Crippen LogP contribution in [0.15, 0.2) is 23.1 Å². The first-order valence-electron chi connectivity index (χ1n) is 4.65. The SMILES string of the molecule is [B]/C=C1/C[C+]1CO.[B]/C=C1\CC1CO. The maximum atomic E-state index is 8.41. The van der Waals surface area contributed by atoms with Crippen molar-refractivity contribution in [2.24, 2.45) is 5.92 Å². The molecule has 70 valence electrons. The second kappa shape index (κ2) is 5.32. The number of rotatable bonds is 2. The standard InChI is InChI=1S/C5H7BO.C5H6BO/c2*6-2-4-1-5(4)3-7/h2,5,7H,1,3H2;2,7H,1,3H2/q;+1/b4-2+;4-2-. The molecule has 0 amide bonds. The monoisotopic (exact) mass is 187 g/mol. The Morgan fingerprint density at radius 3 is 2.21 bits per heavy atom. The van der Waals surface area contributed by atoms with Gasteiger partial charge >= 0.3 is 0 Å². The fraction of sp³-hybridized carbons (Fsp3) is 0.500. The van der Waals surface area contributed by atoms with Gasteiger partial charge in [-0.15, -0.1) is 5.98 Å². The first kappa shape index (κ1) is 11.5. The molecule has 0 aliphatic heterocycles. The molecule has 2 saturated carbocycles. The lowest BCUT2D eigenvalue weighted by atomic mass is 10.1. The van der Waals surface area contributed by atoms with E-state index in [-0.39, 0.29) is 13.2 Å². The van der Waals surface area contributed by atoms with E-state index in [4.69, 9.17) is 25.9 Å². The van der Waals surface area contributed by atoms with Gasteiger partial charge in [-0.1, -0.05) is 5.57 Å². The Labute approximate surface area is 87.5 Å². The maximum Gasteiger partial charge on any atom is 0.263 e. The van der Waals surface area contributed by atoms with Gasteiger partial charge in [0.05, 0.1) is 12.3 Å². The molecule has 14 heavy (non-hydrogen) atoms. The molecular weight excluding hydrogens is 174 g/mol. The summed E-state index contributed by atoms with van der Waals surface area (Å²) in [5.74, 6) is 4.62. The van der Waals surface area contributed by atoms with Crippen molar-refractivity contribution in [3.63, 3.8) is 0 Å². The Hall–Kier alpha value is -0.600. The van der Waals surface area contributed by atoms with Crippen molar-refractivity contribution < 1.29 is 10.2 Å². The minimum absolute atomic E-state index is 0.184. The van der Waals surface area contributed by atoms with Gasteiger partial charge in [0.2, 0.25) is 0 Å². The van der Waals surface area contributed by atoms with E-state index in [0.717, 1.165) is 24.3 Å². The molecule has 2 aliphatic rings. The highest BCUT2D eigenvalue weighted by Gasteiger charge is 2.38. The summed E-state index contributed by atoms with van der Waals surface area (Å²) in [6.07, 6.45) is 1.93. The van der Waals surface area contributed by atoms with Crippen LogP contribution in [-0.2, 0) is 0 Å². The van der Waals surface area contributed by atoms with E-state index in [0.29, 0.717) is 5.92 Å². The van der Waals surface area contributed by atoms with Gasteiger partial charge in [-0.2, -0.15) is 0 Å². The van der Waals surface area contributed by atoms with Crippen molar-refractivity contribution in [2.75, 3.05) is 13.2 Å². The predicted octanol–water partition coefficient (Wildman–Crippen LogP) is 0.0603. The van der Waals surface area contributed by atoms with Crippen molar-refractivity contribution in [1.82, 2.24) is 0 Å². The summed E-state index contributed by atoms with van der Waals surface area (Å²) in [5, 5.41) is 16.8. The zero-order valence-electron chi connectivity index (χ0n) is 8.11. The Morgan fingerprint density at radius 2 is 2.07 bits per heavy atom. The Kier molecular flexibility index (Phi) is 4.36. The van der Waals surface area contributed by atoms with E-state index in [1.807, 2.05) is 0 Å². The third-order valence-corrected chi connectivity index (χ3v) is 2.41. The van der Waals surface area contributed by atoms with Crippen molar-refractivity contribution in [3.05, 3.63) is 29.0 Å². The van der Waals surface area contributed by atoms with E-state index in [1.54, 1.807) is 12.0 Å². The first-order valence-corrected chi connectivity index (χ1v) is 4.65. The molecular formula is C10H13B2O2+. The average molecular weight is 187 g/mol. The molecule has 0 heterocycles. The van der Waals surface area contributed by atoms with Crippen LogP contribution in [-0.4, -0.2) is 39.1 Å². The molecule has 2 fully saturated rings. The molecule has 4 radical (unpaired) electrons. The summed E-state index contributed by atoms with van der Waals surface area (Å²) in [4.78, 5) is 0. The van der Waals surface area contributed by atoms with Crippen molar-refractivity contribution in [2.45, 2.75) is 12.8 Å². The summed E-state index contributed by atoms with van der Waals surface area (Å²) in [6, 6.07) is 0. The number of hydrogen-bond donors (Lipinski definition) is 2. The third kappa shape index (κ3) is 3.28. The molecule has 2 aliphatic carbocycles. The van der Waals surface area contributed by atoms with Gasteiger partial charge < -0.3 is 10.2 Å². The lowest BCUT2D eigenvalue weighted by Crippen LogP contribution is -1.80. The molecule has 1 atom stereocenters. The van der Waals surface area contributed by atoms with Crippen LogP contribution >= 0.6 is 0 Å². The zero-order valence-corrected chi connectivity index (χ0v) is 8.11. The minimum Gasteiger partial charge on any atom is -0.396 e. The summed E-state index contributed by atoms with van der Waals surface area (Å²) in [6.45, 7) is 0.450. The summed E-state index contributed by atoms with van der Waals surface area (Å²) >= 11 is 0. The summed E-state index contributed by atoms with van der Waals surface area (Å²) in [5.41, 5.74) is 2.31. The molecule has 2 nitrogen and oxygen atoms in total. The lowest BCUT2D eigenvalue weighted by Gasteiger charge is -1.76. The van der Waals surface area contributed by atoms with Gasteiger partial charge in [0, 0.05) is 12.5 Å². The Morgan fingerprint density at radius 1 is 1.36 bits per heavy atom. The van der Waals surface area contributed by atoms with E-state index in [2.05, 4.69) is 0 Å². The normalized spacial score (nSPS) is 28.7. The van der Waals surface area contributed by atoms with Gasteiger partial charge in [0.1, 0.15) is 20.0 Å². The molecule has 0 bridgehead atoms. The van der Waals surface area contributed by atoms with Crippen LogP contribution in [0, 0.1) is 11.8 Å². The number of aliphatic hydroxyl groups is 2. The minimum atomic E-state index is 0.184. The predicted molar refractivity (Wildman–Crippen MR) is 57.8 cm³/mol. The Bertz CT molecular complexity index is 223. The summed E-state index contributed by atoms with van der Waals surface area (Å²) in [7, 11) is 10.2. The molecule has 0 aromatic rings. The average Bonchev–Trinajstić information content (AvgIpc) is 3.12. The van der Waals surface area contributed by atoms with Crippen LogP contribution in [0.3, 0.4) is 0 Å². The second-order valence-electron chi connectivity index (χ2n) is 3.46. The van der Waals surface area contributed by atoms with Gasteiger partial charge in [-0.05, 0) is 12.4 Å². The van der Waals surface area contributed by atoms with Crippen molar-refractivity contribution in [1.29, 1.82) is 0 Å². The fourth-order valence-corrected chi connectivity index (χ4v) is 1.13. The fourth-order valence-electron chi connectivity index (χ4n) is 1.13. The van der Waals surface area contributed by atoms with Crippen LogP contribution in [0.5, 0.6) is 0 Å². The molecule has 4 heteroatoms. The van der Waals surface area contributed by atoms with Gasteiger partial charge in [-0.3, -0.25) is 0 Å². The lowest BCUT2D eigenvalue weighted by molar-refractivity contribution is 0.281. The van der Waals surface area contributed by atoms with E-state index < -0.39 is 0 Å². The molecule has 2 rings (SSSR count). The number of aliphatic hydroxyl groups excluding tert-OH is 2. The van der Waals surface area contributed by atoms with Crippen molar-refractivity contribution in [3.8, 4) is 0 Å². The van der Waals surface area contributed by atoms with Crippen molar-refractivity contribution >= 4 is 15.7 Å². The summed E-state index contributed by atoms with van der Waals surface area (Å²) < 4.78 is 0. The van der Waals surface area contributed by atoms with E-state index >= 15 is 0 Å². The molecule has 1 unspecified atom stereocenters. The van der Waals surface area contributed by atoms with E-state index in [1.165, 1.54) is 5.57 Å². The first-order chi connectivity index (χ1) is 6.76. The van der Waals surface area contributed by atoms with Gasteiger partial charge in [-0.25, -0.2) is 0 Å². The second-order valence-corrected chi connectivity index (χ2v) is 3.46. The molecule has 0 spiro atoms. The van der Waals surface area contributed by atoms with Crippen LogP contribution in [0.4, 0.5) is 0 Å². The highest BCUT2D eigenvalue weighted by Crippen LogP contribution is 2.38. The highest BCUT2D eigenvalue weighted by atomic mass is 16.3. The third-order valence-electron chi connectivity index (χ3n) is 2.41. The molecule has 0 aromatic heterocycles. The van der Waals surface area contributed by atoms with Crippen LogP contribution in [0.25, 0.3) is 0 Å². The van der Waals surface area contributed by atoms with E-state index in [9.17, 15) is 0 Å². The largest absolute Gasteiger partial charge is 0.396 e. The van der Waals surface area contributed by atoms with Crippen LogP contribution < -0.4 is 0 Å². The molecule has 0 aromatic carbocycles. The van der Waals surface area contributed by atoms with Gasteiger partial charge in [0.15, 0.2) is 0 Å². The number of hydrogen-bond acceptors (Lipinski definition) is 2. The topological polar surface area (TPSA) is 40.5 Å². The Balaban J connectivity index is 0.000000140. The van der Waals surface area contributed by atoms with Crippen LogP contribution in [0.1, 0.15) is 12.8 Å². The zero-order chi connectivity index (χ0) is 10.6. The quantitative estimate of drug-likeness (QED) is 0.473. The molecule has 0 saturated heterocycles. The maximum absolute atomic E-state index is 8.41. The smallest absolute Gasteiger partial charge is 0.263 e. The molecule has 2 N–H and O–H groups in total. The highest BCUT2D eigenvalue weighted by molar-refractivity contribution is 6.18. The van der Waals surface area contributed by atoms with Crippen LogP contribution in [0.2, 0.25) is 0 Å².